The number of Topliss-reactive ketones (excluding diaryl/α,β-unsaturated/α-hetero) is 1. The molecule has 0 bridgehead atoms. The fraction of sp³-hybridized carbons (Fsp3) is 0.507. The molecule has 4 aromatic carbocycles. The van der Waals surface area contributed by atoms with E-state index >= 15 is 0 Å². The third kappa shape index (κ3) is 21.6. The van der Waals surface area contributed by atoms with Crippen molar-refractivity contribution in [3.8, 4) is 0 Å². The summed E-state index contributed by atoms with van der Waals surface area (Å²) in [6.07, 6.45) is -15.6. The quantitative estimate of drug-likeness (QED) is 0.0260. The first-order chi connectivity index (χ1) is 44.7. The maximum atomic E-state index is 14.7. The Kier molecular flexibility index (Phi) is 28.0. The Labute approximate surface area is 540 Å². The van der Waals surface area contributed by atoms with E-state index in [4.69, 9.17) is 61.6 Å². The van der Waals surface area contributed by atoms with E-state index < -0.39 is 165 Å². The van der Waals surface area contributed by atoms with Gasteiger partial charge in [-0.3, -0.25) is 28.9 Å². The minimum Gasteiger partial charge on any atom is -0.460 e. The van der Waals surface area contributed by atoms with E-state index in [2.05, 4.69) is 6.92 Å². The number of rotatable bonds is 31. The third-order valence-corrected chi connectivity index (χ3v) is 15.6. The van der Waals surface area contributed by atoms with E-state index in [1.807, 2.05) is 4.90 Å². The largest absolute Gasteiger partial charge is 0.460 e. The molecule has 14 atom stereocenters. The lowest BCUT2D eigenvalue weighted by Crippen LogP contribution is -2.70. The minimum absolute atomic E-state index is 0.0127. The van der Waals surface area contributed by atoms with Crippen LogP contribution in [-0.2, 0) is 90.3 Å². The fourth-order valence-corrected chi connectivity index (χ4v) is 11.2. The van der Waals surface area contributed by atoms with Gasteiger partial charge in [0, 0.05) is 40.7 Å². The smallest absolute Gasteiger partial charge is 0.338 e. The molecule has 0 saturated carbocycles. The monoisotopic (exact) mass is 1290 g/mol. The van der Waals surface area contributed by atoms with Crippen molar-refractivity contribution in [2.75, 3.05) is 26.3 Å². The first kappa shape index (κ1) is 72.0. The van der Waals surface area contributed by atoms with Gasteiger partial charge < -0.3 is 66.4 Å². The Hall–Kier alpha value is -8.42. The molecular weight excluding hydrogens is 1210 g/mol. The molecule has 0 unspecified atom stereocenters. The number of likely N-dealkylation sites (tertiary alicyclic amines) is 1. The molecule has 24 nitrogen and oxygen atoms in total. The van der Waals surface area contributed by atoms with Gasteiger partial charge in [0.05, 0.1) is 40.8 Å². The van der Waals surface area contributed by atoms with Crippen molar-refractivity contribution < 1.29 is 110 Å². The second-order valence-electron chi connectivity index (χ2n) is 22.9. The standard InChI is InChI=1S/C69H83NO23/c1-8-9-10-11-12-13-14-27-38-70-39-53(84-44(4)72)58(57(52(70)40-81-64(77)48-28-19-15-20-29-48)92-68-62(87-47(7)75)60(86-46(6)74)56(43(3)83-68)85-45(5)73)93-69-63(91-67(80)51-34-25-18-26-35-51)61(89-55(76)37-36-42(2)71)59(90-66(79)50-32-23-17-24-33-50)54(88-69)41-82-65(78)49-30-21-16-22-31-49/h15-26,28-35,43,52-54,56-63,68-69H,8-14,27,36-41H2,1-7H3/t43-,52+,53-,54+,56+,57+,58+,59-,60+,61-,62-,63+,68-,69-/m0/s1. The van der Waals surface area contributed by atoms with Crippen LogP contribution in [0.2, 0.25) is 0 Å². The van der Waals surface area contributed by atoms with Crippen molar-refractivity contribution >= 4 is 59.5 Å². The Balaban J connectivity index is 1.44. The van der Waals surface area contributed by atoms with Gasteiger partial charge in [-0.05, 0) is 75.3 Å². The molecule has 3 aliphatic rings. The highest BCUT2D eigenvalue weighted by Gasteiger charge is 2.59. The molecular formula is C69H83NO23. The number of hydrogen-bond donors (Lipinski definition) is 0. The zero-order valence-electron chi connectivity index (χ0n) is 53.4. The number of carbonyl (C=O) groups excluding carboxylic acids is 10. The lowest BCUT2D eigenvalue weighted by Gasteiger charge is -2.52. The van der Waals surface area contributed by atoms with Crippen molar-refractivity contribution in [3.05, 3.63) is 144 Å². The average molecular weight is 1290 g/mol. The Morgan fingerprint density at radius 3 is 1.34 bits per heavy atom. The molecule has 3 fully saturated rings. The van der Waals surface area contributed by atoms with Gasteiger partial charge in [0.1, 0.15) is 43.4 Å². The molecule has 0 aromatic heterocycles. The lowest BCUT2D eigenvalue weighted by atomic mass is 9.91. The van der Waals surface area contributed by atoms with E-state index in [1.54, 1.807) is 84.9 Å². The number of nitrogens with zero attached hydrogens (tertiary/aromatic N) is 1. The Morgan fingerprint density at radius 2 is 0.839 bits per heavy atom. The zero-order chi connectivity index (χ0) is 67.0. The van der Waals surface area contributed by atoms with Crippen LogP contribution in [0.3, 0.4) is 0 Å². The second kappa shape index (κ2) is 36.1. The summed E-state index contributed by atoms with van der Waals surface area (Å²) < 4.78 is 82.0. The van der Waals surface area contributed by atoms with Gasteiger partial charge in [-0.25, -0.2) is 19.2 Å². The molecule has 0 spiro atoms. The first-order valence-electron chi connectivity index (χ1n) is 31.4. The van der Waals surface area contributed by atoms with Crippen LogP contribution in [-0.4, -0.2) is 176 Å². The van der Waals surface area contributed by atoms with Gasteiger partial charge in [-0.2, -0.15) is 0 Å². The van der Waals surface area contributed by atoms with Crippen molar-refractivity contribution in [2.45, 2.75) is 198 Å². The van der Waals surface area contributed by atoms with E-state index in [-0.39, 0.29) is 41.8 Å². The number of unbranched alkanes of at least 4 members (excludes halogenated alkanes) is 7. The van der Waals surface area contributed by atoms with Crippen LogP contribution in [0.15, 0.2) is 121 Å². The number of carbonyl (C=O) groups is 10. The van der Waals surface area contributed by atoms with Gasteiger partial charge in [-0.1, -0.05) is 125 Å². The summed E-state index contributed by atoms with van der Waals surface area (Å²) in [5.41, 5.74) is 0.260. The predicted molar refractivity (Wildman–Crippen MR) is 327 cm³/mol. The molecule has 0 N–H and O–H groups in total. The molecule has 4 aromatic rings. The second-order valence-corrected chi connectivity index (χ2v) is 22.9. The van der Waals surface area contributed by atoms with Gasteiger partial charge in [0.15, 0.2) is 49.2 Å². The average Bonchev–Trinajstić information content (AvgIpc) is 0.767. The highest BCUT2D eigenvalue weighted by Crippen LogP contribution is 2.38. The van der Waals surface area contributed by atoms with E-state index in [0.717, 1.165) is 72.6 Å². The molecule has 3 heterocycles. The van der Waals surface area contributed by atoms with E-state index in [1.165, 1.54) is 50.2 Å². The summed E-state index contributed by atoms with van der Waals surface area (Å²) in [7, 11) is 0. The summed E-state index contributed by atoms with van der Waals surface area (Å²) in [5, 5.41) is 0. The van der Waals surface area contributed by atoms with E-state index in [0.29, 0.717) is 6.42 Å². The van der Waals surface area contributed by atoms with Gasteiger partial charge >= 0.3 is 53.7 Å². The number of benzene rings is 4. The molecule has 502 valence electrons. The molecule has 93 heavy (non-hydrogen) atoms. The van der Waals surface area contributed by atoms with Crippen LogP contribution in [0.25, 0.3) is 0 Å². The minimum atomic E-state index is -2.08. The number of ether oxygens (including phenoxy) is 13. The number of esters is 9. The van der Waals surface area contributed by atoms with Crippen molar-refractivity contribution in [3.63, 3.8) is 0 Å². The number of ketones is 1. The van der Waals surface area contributed by atoms with Crippen molar-refractivity contribution in [1.29, 1.82) is 0 Å². The predicted octanol–water partition coefficient (Wildman–Crippen LogP) is 8.22. The van der Waals surface area contributed by atoms with Crippen LogP contribution in [0.1, 0.15) is 154 Å². The highest BCUT2D eigenvalue weighted by atomic mass is 16.8. The molecule has 0 amide bonds. The SMILES string of the molecule is CCCCCCCCCCN1C[C@H](OC(C)=O)[C@@H](O[C@@H]2O[C@H](COC(=O)c3ccccc3)[C@H](OC(=O)c3ccccc3)[C@H](OC(=O)CCC(C)=O)[C@H]2OC(=O)c2ccccc2)[C@H](O[C@@H]2O[C@@H](C)[C@@H](OC(C)=O)[C@@H](OC(C)=O)[C@@H]2OC(C)=O)[C@H]1COC(=O)c1ccccc1. The number of hydrogen-bond acceptors (Lipinski definition) is 24. The maximum absolute atomic E-state index is 14.7. The summed E-state index contributed by atoms with van der Waals surface area (Å²) in [6, 6.07) is 30.1. The summed E-state index contributed by atoms with van der Waals surface area (Å²) >= 11 is 0. The normalized spacial score (nSPS) is 25.2. The Morgan fingerprint density at radius 1 is 0.419 bits per heavy atom. The van der Waals surface area contributed by atoms with Gasteiger partial charge in [0.2, 0.25) is 0 Å². The summed E-state index contributed by atoms with van der Waals surface area (Å²) in [4.78, 5) is 138. The molecule has 24 heteroatoms. The van der Waals surface area contributed by atoms with Crippen molar-refractivity contribution in [2.24, 2.45) is 0 Å². The molecule has 3 aliphatic heterocycles. The summed E-state index contributed by atoms with van der Waals surface area (Å²) in [5.74, 6) is -8.55. The van der Waals surface area contributed by atoms with Crippen LogP contribution < -0.4 is 0 Å². The van der Waals surface area contributed by atoms with E-state index in [9.17, 15) is 47.9 Å². The number of piperidine rings is 1. The maximum Gasteiger partial charge on any atom is 0.338 e. The molecule has 0 radical (unpaired) electrons. The third-order valence-electron chi connectivity index (χ3n) is 15.6. The zero-order valence-corrected chi connectivity index (χ0v) is 53.4. The first-order valence-corrected chi connectivity index (χ1v) is 31.4. The topological polar surface area (TPSA) is 294 Å². The Bertz CT molecular complexity index is 3110. The summed E-state index contributed by atoms with van der Waals surface area (Å²) in [6.45, 7) is 8.09. The lowest BCUT2D eigenvalue weighted by molar-refractivity contribution is -0.355. The van der Waals surface area contributed by atoms with Crippen LogP contribution in [0, 0.1) is 0 Å². The highest BCUT2D eigenvalue weighted by molar-refractivity contribution is 5.91. The fourth-order valence-electron chi connectivity index (χ4n) is 11.2. The molecule has 7 rings (SSSR count). The van der Waals surface area contributed by atoms with Crippen molar-refractivity contribution in [1.82, 2.24) is 4.90 Å². The van der Waals surface area contributed by atoms with Gasteiger partial charge in [-0.15, -0.1) is 0 Å². The van der Waals surface area contributed by atoms with Crippen LogP contribution >= 0.6 is 0 Å². The van der Waals surface area contributed by atoms with Gasteiger partial charge in [0.25, 0.3) is 0 Å². The van der Waals surface area contributed by atoms with Crippen LogP contribution in [0.5, 0.6) is 0 Å². The van der Waals surface area contributed by atoms with Crippen LogP contribution in [0.4, 0.5) is 0 Å². The molecule has 3 saturated heterocycles. The molecule has 0 aliphatic carbocycles.